The minimum absolute atomic E-state index is 0.0778. The molecule has 0 saturated carbocycles. The Labute approximate surface area is 120 Å². The second kappa shape index (κ2) is 6.07. The number of rotatable bonds is 3. The molecule has 6 heteroatoms. The molecule has 1 fully saturated rings. The Balaban J connectivity index is 2.09. The molecule has 1 unspecified atom stereocenters. The molecule has 1 aliphatic heterocycles. The Morgan fingerprint density at radius 2 is 2.16 bits per heavy atom. The van der Waals surface area contributed by atoms with E-state index in [9.17, 15) is 9.18 Å². The maximum absolute atomic E-state index is 13.2. The molecule has 0 bridgehead atoms. The largest absolute Gasteiger partial charge is 0.481 e. The van der Waals surface area contributed by atoms with Crippen LogP contribution < -0.4 is 0 Å². The maximum atomic E-state index is 13.2. The SMILES string of the molecule is O=C(O)C1CCCN(Cc2ccc(F)c(Cl)c2Cl)C1. The first kappa shape index (κ1) is 14.6. The zero-order chi connectivity index (χ0) is 14.0. The van der Waals surface area contributed by atoms with E-state index in [4.69, 9.17) is 28.3 Å². The van der Waals surface area contributed by atoms with Crippen LogP contribution in [0.3, 0.4) is 0 Å². The summed E-state index contributed by atoms with van der Waals surface area (Å²) in [4.78, 5) is 13.0. The molecule has 3 nitrogen and oxygen atoms in total. The number of carboxylic acids is 1. The summed E-state index contributed by atoms with van der Waals surface area (Å²) in [6.45, 7) is 1.79. The number of hydrogen-bond acceptors (Lipinski definition) is 2. The molecule has 2 rings (SSSR count). The van der Waals surface area contributed by atoms with Crippen molar-refractivity contribution in [1.29, 1.82) is 0 Å². The normalized spacial score (nSPS) is 20.5. The van der Waals surface area contributed by atoms with Gasteiger partial charge in [-0.15, -0.1) is 0 Å². The molecular formula is C13H14Cl2FNO2. The van der Waals surface area contributed by atoms with E-state index in [1.165, 1.54) is 6.07 Å². The van der Waals surface area contributed by atoms with Crippen LogP contribution in [-0.2, 0) is 11.3 Å². The molecule has 1 atom stereocenters. The fraction of sp³-hybridized carbons (Fsp3) is 0.462. The summed E-state index contributed by atoms with van der Waals surface area (Å²) >= 11 is 11.8. The van der Waals surface area contributed by atoms with Gasteiger partial charge in [-0.1, -0.05) is 29.3 Å². The molecule has 0 aliphatic carbocycles. The van der Waals surface area contributed by atoms with E-state index in [-0.39, 0.29) is 16.0 Å². The third-order valence-electron chi connectivity index (χ3n) is 3.36. The molecule has 0 aromatic heterocycles. The van der Waals surface area contributed by atoms with Crippen LogP contribution in [0.5, 0.6) is 0 Å². The topological polar surface area (TPSA) is 40.5 Å². The van der Waals surface area contributed by atoms with Crippen LogP contribution in [-0.4, -0.2) is 29.1 Å². The van der Waals surface area contributed by atoms with E-state index >= 15 is 0 Å². The molecule has 1 aliphatic rings. The summed E-state index contributed by atoms with van der Waals surface area (Å²) < 4.78 is 13.2. The zero-order valence-electron chi connectivity index (χ0n) is 10.2. The van der Waals surface area contributed by atoms with Gasteiger partial charge in [0, 0.05) is 13.1 Å². The summed E-state index contributed by atoms with van der Waals surface area (Å²) in [7, 11) is 0. The first-order valence-electron chi connectivity index (χ1n) is 6.06. The van der Waals surface area contributed by atoms with E-state index < -0.39 is 11.8 Å². The molecular weight excluding hydrogens is 292 g/mol. The Bertz CT molecular complexity index is 496. The number of benzene rings is 1. The van der Waals surface area contributed by atoms with Crippen molar-refractivity contribution in [2.45, 2.75) is 19.4 Å². The second-order valence-electron chi connectivity index (χ2n) is 4.75. The minimum Gasteiger partial charge on any atom is -0.481 e. The average molecular weight is 306 g/mol. The van der Waals surface area contributed by atoms with Crippen molar-refractivity contribution in [3.8, 4) is 0 Å². The number of aliphatic carboxylic acids is 1. The molecule has 0 spiro atoms. The highest BCUT2D eigenvalue weighted by molar-refractivity contribution is 6.42. The quantitative estimate of drug-likeness (QED) is 0.870. The van der Waals surface area contributed by atoms with Crippen molar-refractivity contribution >= 4 is 29.2 Å². The monoisotopic (exact) mass is 305 g/mol. The Morgan fingerprint density at radius 3 is 2.84 bits per heavy atom. The average Bonchev–Trinajstić information content (AvgIpc) is 2.40. The number of carboxylic acid groups (broad SMARTS) is 1. The zero-order valence-corrected chi connectivity index (χ0v) is 11.7. The van der Waals surface area contributed by atoms with Gasteiger partial charge in [0.2, 0.25) is 0 Å². The predicted molar refractivity (Wildman–Crippen MR) is 72.1 cm³/mol. The van der Waals surface area contributed by atoms with Crippen LogP contribution in [0.25, 0.3) is 0 Å². The molecule has 0 amide bonds. The van der Waals surface area contributed by atoms with Gasteiger partial charge < -0.3 is 5.11 Å². The highest BCUT2D eigenvalue weighted by atomic mass is 35.5. The van der Waals surface area contributed by atoms with Gasteiger partial charge >= 0.3 is 5.97 Å². The molecule has 1 aromatic rings. The number of hydrogen-bond donors (Lipinski definition) is 1. The molecule has 1 saturated heterocycles. The smallest absolute Gasteiger partial charge is 0.307 e. The van der Waals surface area contributed by atoms with Crippen molar-refractivity contribution in [3.05, 3.63) is 33.6 Å². The Kier molecular flexibility index (Phi) is 4.66. The number of likely N-dealkylation sites (tertiary alicyclic amines) is 1. The van der Waals surface area contributed by atoms with Crippen molar-refractivity contribution < 1.29 is 14.3 Å². The lowest BCUT2D eigenvalue weighted by Crippen LogP contribution is -2.38. The fourth-order valence-corrected chi connectivity index (χ4v) is 2.73. The van der Waals surface area contributed by atoms with Gasteiger partial charge in [-0.25, -0.2) is 4.39 Å². The van der Waals surface area contributed by atoms with Gasteiger partial charge in [-0.05, 0) is 31.0 Å². The van der Waals surface area contributed by atoms with Gasteiger partial charge in [0.1, 0.15) is 5.82 Å². The highest BCUT2D eigenvalue weighted by Gasteiger charge is 2.25. The van der Waals surface area contributed by atoms with Crippen LogP contribution in [0.4, 0.5) is 4.39 Å². The highest BCUT2D eigenvalue weighted by Crippen LogP contribution is 2.30. The first-order chi connectivity index (χ1) is 8.99. The minimum atomic E-state index is -0.770. The summed E-state index contributed by atoms with van der Waals surface area (Å²) in [5.74, 6) is -1.66. The molecule has 1 heterocycles. The van der Waals surface area contributed by atoms with Gasteiger partial charge in [-0.3, -0.25) is 9.69 Å². The lowest BCUT2D eigenvalue weighted by Gasteiger charge is -2.30. The van der Waals surface area contributed by atoms with Crippen molar-refractivity contribution in [2.75, 3.05) is 13.1 Å². The third-order valence-corrected chi connectivity index (χ3v) is 4.26. The lowest BCUT2D eigenvalue weighted by molar-refractivity contribution is -0.143. The van der Waals surface area contributed by atoms with Crippen LogP contribution in [0.1, 0.15) is 18.4 Å². The van der Waals surface area contributed by atoms with Crippen LogP contribution in [0.2, 0.25) is 10.0 Å². The molecule has 1 aromatic carbocycles. The molecule has 0 radical (unpaired) electrons. The number of halogens is 3. The van der Waals surface area contributed by atoms with Crippen LogP contribution in [0, 0.1) is 11.7 Å². The fourth-order valence-electron chi connectivity index (χ4n) is 2.33. The van der Waals surface area contributed by atoms with E-state index in [0.717, 1.165) is 18.5 Å². The van der Waals surface area contributed by atoms with Gasteiger partial charge in [0.05, 0.1) is 16.0 Å². The van der Waals surface area contributed by atoms with Crippen molar-refractivity contribution in [3.63, 3.8) is 0 Å². The third kappa shape index (κ3) is 3.38. The lowest BCUT2D eigenvalue weighted by atomic mass is 9.98. The Morgan fingerprint density at radius 1 is 1.42 bits per heavy atom. The Hall–Kier alpha value is -0.840. The standard InChI is InChI=1S/C13H14Cl2FNO2/c14-11-8(3-4-10(16)12(11)15)6-17-5-1-2-9(7-17)13(18)19/h3-4,9H,1-2,5-7H2,(H,18,19). The van der Waals surface area contributed by atoms with Gasteiger partial charge in [0.15, 0.2) is 0 Å². The molecule has 104 valence electrons. The predicted octanol–water partition coefficient (Wildman–Crippen LogP) is 3.43. The molecule has 1 N–H and O–H groups in total. The van der Waals surface area contributed by atoms with Crippen molar-refractivity contribution in [1.82, 2.24) is 4.90 Å². The van der Waals surface area contributed by atoms with Gasteiger partial charge in [0.25, 0.3) is 0 Å². The van der Waals surface area contributed by atoms with Gasteiger partial charge in [-0.2, -0.15) is 0 Å². The summed E-state index contributed by atoms with van der Waals surface area (Å²) in [6, 6.07) is 2.87. The van der Waals surface area contributed by atoms with E-state index in [0.29, 0.717) is 19.5 Å². The first-order valence-corrected chi connectivity index (χ1v) is 6.82. The second-order valence-corrected chi connectivity index (χ2v) is 5.50. The van der Waals surface area contributed by atoms with E-state index in [1.807, 2.05) is 4.90 Å². The van der Waals surface area contributed by atoms with Crippen LogP contribution >= 0.6 is 23.2 Å². The number of piperidine rings is 1. The number of carbonyl (C=O) groups is 1. The summed E-state index contributed by atoms with van der Waals surface area (Å²) in [6.07, 6.45) is 1.53. The number of nitrogens with zero attached hydrogens (tertiary/aromatic N) is 1. The van der Waals surface area contributed by atoms with Crippen molar-refractivity contribution in [2.24, 2.45) is 5.92 Å². The maximum Gasteiger partial charge on any atom is 0.307 e. The van der Waals surface area contributed by atoms with E-state index in [2.05, 4.69) is 0 Å². The molecule has 19 heavy (non-hydrogen) atoms. The summed E-state index contributed by atoms with van der Waals surface area (Å²) in [5, 5.41) is 9.16. The van der Waals surface area contributed by atoms with Crippen LogP contribution in [0.15, 0.2) is 12.1 Å². The summed E-state index contributed by atoms with van der Waals surface area (Å²) in [5.41, 5.74) is 0.721. The van der Waals surface area contributed by atoms with E-state index in [1.54, 1.807) is 6.07 Å².